The number of rotatable bonds is 5. The average molecular weight is 443 g/mol. The number of hydrogen-bond donors (Lipinski definition) is 3. The van der Waals surface area contributed by atoms with Crippen LogP contribution in [0.25, 0.3) is 10.9 Å². The van der Waals surface area contributed by atoms with Crippen molar-refractivity contribution in [2.24, 2.45) is 5.41 Å². The Morgan fingerprint density at radius 2 is 2.17 bits per heavy atom. The summed E-state index contributed by atoms with van der Waals surface area (Å²) in [6.45, 7) is 5.80. The molecule has 0 amide bonds. The molecule has 156 valence electrons. The van der Waals surface area contributed by atoms with Crippen LogP contribution >= 0.6 is 23.8 Å². The van der Waals surface area contributed by atoms with Crippen LogP contribution in [0.3, 0.4) is 0 Å². The summed E-state index contributed by atoms with van der Waals surface area (Å²) in [6, 6.07) is 11.3. The Morgan fingerprint density at radius 1 is 1.33 bits per heavy atom. The number of nitrogens with zero attached hydrogens (tertiary/aromatic N) is 2. The van der Waals surface area contributed by atoms with Crippen LogP contribution in [-0.2, 0) is 9.53 Å². The lowest BCUT2D eigenvalue weighted by molar-refractivity contribution is -0.152. The molecule has 9 heteroatoms. The summed E-state index contributed by atoms with van der Waals surface area (Å²) < 4.78 is 14.7. The molecule has 1 unspecified atom stereocenters. The third-order valence-corrected chi connectivity index (χ3v) is 6.11. The minimum absolute atomic E-state index is 0.0680. The van der Waals surface area contributed by atoms with Gasteiger partial charge < -0.3 is 19.9 Å². The number of aromatic nitrogens is 2. The van der Waals surface area contributed by atoms with E-state index in [1.165, 1.54) is 0 Å². The van der Waals surface area contributed by atoms with E-state index in [4.69, 9.17) is 9.72 Å². The summed E-state index contributed by atoms with van der Waals surface area (Å²) in [5.41, 5.74) is 2.06. The predicted octanol–water partition coefficient (Wildman–Crippen LogP) is 5.37. The van der Waals surface area contributed by atoms with E-state index >= 15 is 0 Å². The molecule has 0 radical (unpaired) electrons. The fourth-order valence-electron chi connectivity index (χ4n) is 2.91. The van der Waals surface area contributed by atoms with Crippen molar-refractivity contribution in [1.29, 1.82) is 0 Å². The Labute approximate surface area is 183 Å². The predicted molar refractivity (Wildman–Crippen MR) is 121 cm³/mol. The van der Waals surface area contributed by atoms with Gasteiger partial charge in [-0.3, -0.25) is 4.79 Å². The van der Waals surface area contributed by atoms with Gasteiger partial charge in [-0.15, -0.1) is 0 Å². The van der Waals surface area contributed by atoms with Crippen molar-refractivity contribution in [3.05, 3.63) is 42.6 Å². The number of esters is 1. The first-order valence-corrected chi connectivity index (χ1v) is 11.1. The van der Waals surface area contributed by atoms with Crippen LogP contribution in [0.15, 0.2) is 52.4 Å². The van der Waals surface area contributed by atoms with Crippen LogP contribution in [-0.4, -0.2) is 32.5 Å². The number of thioether (sulfide) groups is 1. The normalized spacial score (nSPS) is 15.5. The molecule has 0 saturated heterocycles. The van der Waals surface area contributed by atoms with Gasteiger partial charge in [-0.1, -0.05) is 17.8 Å². The Morgan fingerprint density at radius 3 is 2.93 bits per heavy atom. The van der Waals surface area contributed by atoms with E-state index in [0.717, 1.165) is 32.1 Å². The van der Waals surface area contributed by atoms with Crippen LogP contribution in [0.1, 0.15) is 20.8 Å². The van der Waals surface area contributed by atoms with Crippen LogP contribution in [0.4, 0.5) is 17.3 Å². The molecule has 30 heavy (non-hydrogen) atoms. The SMILES string of the molecule is CC(C)(C)C(=O)OCC1Nc2ccc3cnc(Nc4cccc(SO)c4)nc3c2S1. The van der Waals surface area contributed by atoms with Gasteiger partial charge in [-0.05, 0) is 51.1 Å². The van der Waals surface area contributed by atoms with Crippen molar-refractivity contribution in [2.75, 3.05) is 17.2 Å². The molecular weight excluding hydrogens is 420 g/mol. The fourth-order valence-corrected chi connectivity index (χ4v) is 4.37. The summed E-state index contributed by atoms with van der Waals surface area (Å²) in [5, 5.41) is 7.44. The van der Waals surface area contributed by atoms with Crippen molar-refractivity contribution >= 4 is 58.0 Å². The van der Waals surface area contributed by atoms with E-state index in [2.05, 4.69) is 15.6 Å². The summed E-state index contributed by atoms with van der Waals surface area (Å²) >= 11 is 2.29. The van der Waals surface area contributed by atoms with Gasteiger partial charge in [0.1, 0.15) is 12.0 Å². The molecule has 7 nitrogen and oxygen atoms in total. The van der Waals surface area contributed by atoms with Crippen LogP contribution in [0.5, 0.6) is 0 Å². The molecule has 1 aliphatic rings. The van der Waals surface area contributed by atoms with Crippen LogP contribution < -0.4 is 10.6 Å². The zero-order valence-electron chi connectivity index (χ0n) is 16.8. The highest BCUT2D eigenvalue weighted by molar-refractivity contribution is 8.00. The Bertz CT molecular complexity index is 1100. The lowest BCUT2D eigenvalue weighted by Crippen LogP contribution is -2.27. The highest BCUT2D eigenvalue weighted by Gasteiger charge is 2.28. The monoisotopic (exact) mass is 442 g/mol. The lowest BCUT2D eigenvalue weighted by Gasteiger charge is -2.18. The first kappa shape index (κ1) is 20.8. The Balaban J connectivity index is 1.54. The topological polar surface area (TPSA) is 96.4 Å². The number of carbonyl (C=O) groups excluding carboxylic acids is 1. The molecule has 0 spiro atoms. The molecule has 0 saturated carbocycles. The van der Waals surface area contributed by atoms with Gasteiger partial charge >= 0.3 is 5.97 Å². The molecule has 1 aliphatic heterocycles. The summed E-state index contributed by atoms with van der Waals surface area (Å²) in [7, 11) is 0. The standard InChI is InChI=1S/C21H22N4O3S2/c1-21(2,3)19(26)28-11-16-24-15-8-7-12-10-22-20(25-17(12)18(15)29-16)23-13-5-4-6-14(9-13)30-27/h4-10,16,24,27H,11H2,1-3H3,(H,22,23,25). The zero-order chi connectivity index (χ0) is 21.3. The second-order valence-electron chi connectivity index (χ2n) is 7.92. The number of anilines is 3. The molecule has 4 rings (SSSR count). The first-order chi connectivity index (χ1) is 14.3. The maximum atomic E-state index is 12.1. The van der Waals surface area contributed by atoms with Gasteiger partial charge in [0.05, 0.1) is 21.5 Å². The average Bonchev–Trinajstić information content (AvgIpc) is 3.15. The molecule has 0 aliphatic carbocycles. The van der Waals surface area contributed by atoms with Crippen LogP contribution in [0.2, 0.25) is 0 Å². The zero-order valence-corrected chi connectivity index (χ0v) is 18.4. The molecule has 2 heterocycles. The van der Waals surface area contributed by atoms with Gasteiger partial charge in [-0.2, -0.15) is 0 Å². The van der Waals surface area contributed by atoms with E-state index in [1.54, 1.807) is 18.0 Å². The van der Waals surface area contributed by atoms with Crippen molar-refractivity contribution in [1.82, 2.24) is 9.97 Å². The third-order valence-electron chi connectivity index (χ3n) is 4.46. The molecule has 2 aromatic carbocycles. The maximum Gasteiger partial charge on any atom is 0.311 e. The molecule has 0 bridgehead atoms. The lowest BCUT2D eigenvalue weighted by atomic mass is 9.97. The molecule has 1 aromatic heterocycles. The Hall–Kier alpha value is -2.49. The van der Waals surface area contributed by atoms with Crippen molar-refractivity contribution < 1.29 is 14.1 Å². The molecule has 0 fully saturated rings. The number of nitrogens with one attached hydrogen (secondary N) is 2. The minimum Gasteiger partial charge on any atom is -0.462 e. The van der Waals surface area contributed by atoms with Gasteiger partial charge in [0.25, 0.3) is 0 Å². The number of benzene rings is 2. The number of ether oxygens (including phenoxy) is 1. The quantitative estimate of drug-likeness (QED) is 0.356. The first-order valence-electron chi connectivity index (χ1n) is 9.42. The van der Waals surface area contributed by atoms with Crippen LogP contribution in [0, 0.1) is 5.41 Å². The van der Waals surface area contributed by atoms with E-state index < -0.39 is 5.41 Å². The van der Waals surface area contributed by atoms with Crippen molar-refractivity contribution in [2.45, 2.75) is 35.9 Å². The van der Waals surface area contributed by atoms with Gasteiger partial charge in [0, 0.05) is 34.2 Å². The summed E-state index contributed by atoms with van der Waals surface area (Å²) in [5.74, 6) is 0.252. The van der Waals surface area contributed by atoms with E-state index in [1.807, 2.05) is 57.2 Å². The van der Waals surface area contributed by atoms with E-state index in [0.29, 0.717) is 18.0 Å². The highest BCUT2D eigenvalue weighted by atomic mass is 32.2. The van der Waals surface area contributed by atoms with Gasteiger partial charge in [-0.25, -0.2) is 9.97 Å². The Kier molecular flexibility index (Phi) is 5.77. The highest BCUT2D eigenvalue weighted by Crippen LogP contribution is 2.42. The van der Waals surface area contributed by atoms with Gasteiger partial charge in [0.15, 0.2) is 0 Å². The van der Waals surface area contributed by atoms with E-state index in [-0.39, 0.29) is 18.0 Å². The molecule has 3 aromatic rings. The summed E-state index contributed by atoms with van der Waals surface area (Å²) in [6.07, 6.45) is 1.78. The third kappa shape index (κ3) is 4.48. The molecular formula is C21H22N4O3S2. The van der Waals surface area contributed by atoms with E-state index in [9.17, 15) is 9.35 Å². The summed E-state index contributed by atoms with van der Waals surface area (Å²) in [4.78, 5) is 22.9. The second kappa shape index (κ2) is 8.33. The number of carbonyl (C=O) groups is 1. The number of fused-ring (bicyclic) bond motifs is 3. The van der Waals surface area contributed by atoms with Gasteiger partial charge in [0.2, 0.25) is 5.95 Å². The molecule has 1 atom stereocenters. The maximum absolute atomic E-state index is 12.1. The fraction of sp³-hybridized carbons (Fsp3) is 0.286. The smallest absolute Gasteiger partial charge is 0.311 e. The van der Waals surface area contributed by atoms with Crippen molar-refractivity contribution in [3.63, 3.8) is 0 Å². The largest absolute Gasteiger partial charge is 0.462 e. The molecule has 3 N–H and O–H groups in total. The number of hydrogen-bond acceptors (Lipinski definition) is 9. The second-order valence-corrected chi connectivity index (χ2v) is 9.78. The van der Waals surface area contributed by atoms with Crippen molar-refractivity contribution in [3.8, 4) is 0 Å². The minimum atomic E-state index is -0.525.